The predicted octanol–water partition coefficient (Wildman–Crippen LogP) is 4.52. The number of hydrogen-bond acceptors (Lipinski definition) is 2. The summed E-state index contributed by atoms with van der Waals surface area (Å²) < 4.78 is 5.98. The SMILES string of the molecule is CCCC(CC)Oc1ccc(C(C)(C)C)cc1N. The molecule has 1 unspecified atom stereocenters. The molecule has 0 heterocycles. The minimum absolute atomic E-state index is 0.125. The molecule has 0 saturated carbocycles. The topological polar surface area (TPSA) is 35.2 Å². The van der Waals surface area contributed by atoms with Crippen molar-refractivity contribution in [1.29, 1.82) is 0 Å². The molecule has 0 saturated heterocycles. The van der Waals surface area contributed by atoms with E-state index >= 15 is 0 Å². The second-order valence-corrected chi connectivity index (χ2v) is 5.94. The average Bonchev–Trinajstić information content (AvgIpc) is 2.29. The van der Waals surface area contributed by atoms with Gasteiger partial charge in [-0.1, -0.05) is 47.1 Å². The van der Waals surface area contributed by atoms with E-state index in [4.69, 9.17) is 10.5 Å². The van der Waals surface area contributed by atoms with Crippen LogP contribution in [0.25, 0.3) is 0 Å². The lowest BCUT2D eigenvalue weighted by atomic mass is 9.87. The Labute approximate surface area is 112 Å². The maximum absolute atomic E-state index is 6.09. The van der Waals surface area contributed by atoms with Gasteiger partial charge in [0, 0.05) is 0 Å². The van der Waals surface area contributed by atoms with Gasteiger partial charge in [-0.25, -0.2) is 0 Å². The van der Waals surface area contributed by atoms with Crippen molar-refractivity contribution in [3.05, 3.63) is 23.8 Å². The van der Waals surface area contributed by atoms with E-state index in [9.17, 15) is 0 Å². The fraction of sp³-hybridized carbons (Fsp3) is 0.625. The molecule has 2 N–H and O–H groups in total. The zero-order chi connectivity index (χ0) is 13.8. The molecular formula is C16H27NO. The Kier molecular flexibility index (Phi) is 5.06. The lowest BCUT2D eigenvalue weighted by molar-refractivity contribution is 0.187. The van der Waals surface area contributed by atoms with Crippen molar-refractivity contribution in [3.63, 3.8) is 0 Å². The summed E-state index contributed by atoms with van der Waals surface area (Å²) in [6.07, 6.45) is 3.52. The second-order valence-electron chi connectivity index (χ2n) is 5.94. The molecule has 0 fully saturated rings. The first-order valence-electron chi connectivity index (χ1n) is 6.95. The van der Waals surface area contributed by atoms with Crippen LogP contribution in [0.1, 0.15) is 59.4 Å². The highest BCUT2D eigenvalue weighted by atomic mass is 16.5. The molecule has 1 atom stereocenters. The first-order chi connectivity index (χ1) is 8.38. The largest absolute Gasteiger partial charge is 0.488 e. The summed E-state index contributed by atoms with van der Waals surface area (Å²) in [6.45, 7) is 10.9. The van der Waals surface area contributed by atoms with Crippen LogP contribution in [-0.2, 0) is 5.41 Å². The minimum atomic E-state index is 0.125. The molecule has 2 nitrogen and oxygen atoms in total. The Morgan fingerprint density at radius 2 is 1.89 bits per heavy atom. The van der Waals surface area contributed by atoms with Gasteiger partial charge in [0.15, 0.2) is 0 Å². The van der Waals surface area contributed by atoms with Gasteiger partial charge in [0.1, 0.15) is 5.75 Å². The predicted molar refractivity (Wildman–Crippen MR) is 79.2 cm³/mol. The van der Waals surface area contributed by atoms with Crippen molar-refractivity contribution in [2.45, 2.75) is 65.4 Å². The average molecular weight is 249 g/mol. The van der Waals surface area contributed by atoms with Gasteiger partial charge in [0.2, 0.25) is 0 Å². The number of anilines is 1. The normalized spacial score (nSPS) is 13.4. The van der Waals surface area contributed by atoms with Crippen LogP contribution in [-0.4, -0.2) is 6.10 Å². The quantitative estimate of drug-likeness (QED) is 0.778. The van der Waals surface area contributed by atoms with Crippen LogP contribution >= 0.6 is 0 Å². The van der Waals surface area contributed by atoms with Gasteiger partial charge in [0.25, 0.3) is 0 Å². The van der Waals surface area contributed by atoms with Gasteiger partial charge in [-0.05, 0) is 36.0 Å². The summed E-state index contributed by atoms with van der Waals surface area (Å²) in [6, 6.07) is 6.16. The minimum Gasteiger partial charge on any atom is -0.488 e. The van der Waals surface area contributed by atoms with Crippen molar-refractivity contribution in [2.24, 2.45) is 0 Å². The van der Waals surface area contributed by atoms with Crippen molar-refractivity contribution in [1.82, 2.24) is 0 Å². The van der Waals surface area contributed by atoms with E-state index < -0.39 is 0 Å². The molecule has 0 amide bonds. The van der Waals surface area contributed by atoms with E-state index in [1.54, 1.807) is 0 Å². The number of nitrogens with two attached hydrogens (primary N) is 1. The van der Waals surface area contributed by atoms with Crippen molar-refractivity contribution in [2.75, 3.05) is 5.73 Å². The van der Waals surface area contributed by atoms with Crippen LogP contribution in [0.4, 0.5) is 5.69 Å². The van der Waals surface area contributed by atoms with Gasteiger partial charge in [-0.2, -0.15) is 0 Å². The molecule has 0 radical (unpaired) electrons. The fourth-order valence-corrected chi connectivity index (χ4v) is 1.97. The van der Waals surface area contributed by atoms with E-state index in [2.05, 4.69) is 40.7 Å². The molecule has 0 aliphatic carbocycles. The first kappa shape index (κ1) is 14.9. The fourth-order valence-electron chi connectivity index (χ4n) is 1.97. The molecule has 102 valence electrons. The Hall–Kier alpha value is -1.18. The highest BCUT2D eigenvalue weighted by Crippen LogP contribution is 2.30. The number of rotatable bonds is 5. The van der Waals surface area contributed by atoms with E-state index in [1.807, 2.05) is 12.1 Å². The van der Waals surface area contributed by atoms with Gasteiger partial charge in [0.05, 0.1) is 11.8 Å². The lowest BCUT2D eigenvalue weighted by Gasteiger charge is -2.22. The van der Waals surface area contributed by atoms with Gasteiger partial charge >= 0.3 is 0 Å². The van der Waals surface area contributed by atoms with Gasteiger partial charge in [-0.15, -0.1) is 0 Å². The van der Waals surface area contributed by atoms with Crippen LogP contribution in [0.3, 0.4) is 0 Å². The third-order valence-corrected chi connectivity index (χ3v) is 3.24. The molecule has 18 heavy (non-hydrogen) atoms. The summed E-state index contributed by atoms with van der Waals surface area (Å²) in [5.41, 5.74) is 8.21. The summed E-state index contributed by atoms with van der Waals surface area (Å²) in [7, 11) is 0. The van der Waals surface area contributed by atoms with Crippen LogP contribution in [0.5, 0.6) is 5.75 Å². The molecule has 0 aliphatic rings. The summed E-state index contributed by atoms with van der Waals surface area (Å²) >= 11 is 0. The number of hydrogen-bond donors (Lipinski definition) is 1. The Morgan fingerprint density at radius 3 is 2.33 bits per heavy atom. The molecule has 0 bridgehead atoms. The van der Waals surface area contributed by atoms with E-state index in [1.165, 1.54) is 5.56 Å². The summed E-state index contributed by atoms with van der Waals surface area (Å²) in [5.74, 6) is 0.823. The summed E-state index contributed by atoms with van der Waals surface area (Å²) in [4.78, 5) is 0. The molecular weight excluding hydrogens is 222 g/mol. The Bertz CT molecular complexity index is 379. The third kappa shape index (κ3) is 3.94. The molecule has 0 spiro atoms. The highest BCUT2D eigenvalue weighted by Gasteiger charge is 2.16. The molecule has 1 aromatic carbocycles. The molecule has 0 aliphatic heterocycles. The number of nitrogen functional groups attached to an aromatic ring is 1. The van der Waals surface area contributed by atoms with E-state index in [0.717, 1.165) is 30.7 Å². The smallest absolute Gasteiger partial charge is 0.142 e. The van der Waals surface area contributed by atoms with Crippen LogP contribution < -0.4 is 10.5 Å². The second kappa shape index (κ2) is 6.12. The molecule has 2 heteroatoms. The van der Waals surface area contributed by atoms with Crippen LogP contribution in [0.2, 0.25) is 0 Å². The maximum Gasteiger partial charge on any atom is 0.142 e. The van der Waals surface area contributed by atoms with E-state index in [-0.39, 0.29) is 11.5 Å². The number of ether oxygens (including phenoxy) is 1. The Morgan fingerprint density at radius 1 is 1.22 bits per heavy atom. The monoisotopic (exact) mass is 249 g/mol. The zero-order valence-electron chi connectivity index (χ0n) is 12.4. The molecule has 1 rings (SSSR count). The molecule has 1 aromatic rings. The highest BCUT2D eigenvalue weighted by molar-refractivity contribution is 5.55. The lowest BCUT2D eigenvalue weighted by Crippen LogP contribution is -2.16. The van der Waals surface area contributed by atoms with Crippen molar-refractivity contribution < 1.29 is 4.74 Å². The number of benzene rings is 1. The van der Waals surface area contributed by atoms with Crippen LogP contribution in [0, 0.1) is 0 Å². The standard InChI is InChI=1S/C16H27NO/c1-6-8-13(7-2)18-15-10-9-12(11-14(15)17)16(3,4)5/h9-11,13H,6-8,17H2,1-5H3. The van der Waals surface area contributed by atoms with E-state index in [0.29, 0.717) is 0 Å². The van der Waals surface area contributed by atoms with Crippen LogP contribution in [0.15, 0.2) is 18.2 Å². The third-order valence-electron chi connectivity index (χ3n) is 3.24. The van der Waals surface area contributed by atoms with Crippen molar-refractivity contribution >= 4 is 5.69 Å². The summed E-state index contributed by atoms with van der Waals surface area (Å²) in [5, 5.41) is 0. The Balaban J connectivity index is 2.85. The van der Waals surface area contributed by atoms with Gasteiger partial charge < -0.3 is 10.5 Å². The molecule has 0 aromatic heterocycles. The van der Waals surface area contributed by atoms with Gasteiger partial charge in [-0.3, -0.25) is 0 Å². The zero-order valence-corrected chi connectivity index (χ0v) is 12.4. The first-order valence-corrected chi connectivity index (χ1v) is 6.95. The van der Waals surface area contributed by atoms with Crippen molar-refractivity contribution in [3.8, 4) is 5.75 Å². The maximum atomic E-state index is 6.09.